The molecule has 1 aliphatic heterocycles. The number of amides is 1. The molecule has 1 N–H and O–H groups in total. The van der Waals surface area contributed by atoms with Gasteiger partial charge in [0.2, 0.25) is 10.0 Å². The Hall–Kier alpha value is -3.48. The first-order valence-corrected chi connectivity index (χ1v) is 13.5. The Kier molecular flexibility index (Phi) is 7.02. The number of hydrogen-bond acceptors (Lipinski definition) is 6. The number of sulfonamides is 1. The summed E-state index contributed by atoms with van der Waals surface area (Å²) in [6, 6.07) is 8.87. The molecular weight excluding hydrogens is 544 g/mol. The van der Waals surface area contributed by atoms with Crippen molar-refractivity contribution in [2.75, 3.05) is 22.1 Å². The van der Waals surface area contributed by atoms with Crippen LogP contribution in [0.5, 0.6) is 5.75 Å². The van der Waals surface area contributed by atoms with Gasteiger partial charge < -0.3 is 9.84 Å². The lowest BCUT2D eigenvalue weighted by Gasteiger charge is -2.25. The first kappa shape index (κ1) is 27.6. The number of benzene rings is 2. The molecule has 1 aromatic heterocycles. The Bertz CT molecular complexity index is 1620. The normalized spacial score (nSPS) is 13.6. The standard InChI is InChI=1S/C25H24ClF2N3O6S/c1-14-9-21(37-12-15-5-6-16(27)10-18(15)28)22(26)23(32)31(14)17-7-8-19-20(11-17)30(38(4,35)36)13-29(19)24(33)25(2,3)34/h5-11,34H,12-13H2,1-4H3. The van der Waals surface area contributed by atoms with Crippen LogP contribution in [0.1, 0.15) is 25.1 Å². The second kappa shape index (κ2) is 9.68. The molecule has 0 atom stereocenters. The van der Waals surface area contributed by atoms with Crippen molar-refractivity contribution in [3.8, 4) is 11.4 Å². The molecule has 0 fully saturated rings. The zero-order valence-electron chi connectivity index (χ0n) is 20.8. The summed E-state index contributed by atoms with van der Waals surface area (Å²) in [5.74, 6) is -2.26. The fraction of sp³-hybridized carbons (Fsp3) is 0.280. The molecule has 0 bridgehead atoms. The number of nitrogens with zero attached hydrogens (tertiary/aromatic N) is 3. The lowest BCUT2D eigenvalue weighted by molar-refractivity contribution is -0.133. The number of aryl methyl sites for hydroxylation is 1. The van der Waals surface area contributed by atoms with Gasteiger partial charge in [-0.3, -0.25) is 19.1 Å². The second-order valence-corrected chi connectivity index (χ2v) is 11.6. The average Bonchev–Trinajstić information content (AvgIpc) is 3.19. The number of ether oxygens (including phenoxy) is 1. The number of fused-ring (bicyclic) bond motifs is 1. The number of aromatic nitrogens is 1. The van der Waals surface area contributed by atoms with Crippen LogP contribution in [0.3, 0.4) is 0 Å². The first-order valence-electron chi connectivity index (χ1n) is 11.2. The lowest BCUT2D eigenvalue weighted by atomic mass is 10.1. The molecule has 13 heteroatoms. The smallest absolute Gasteiger partial charge is 0.277 e. The van der Waals surface area contributed by atoms with Gasteiger partial charge in [0.05, 0.1) is 23.3 Å². The SMILES string of the molecule is Cc1cc(OCc2ccc(F)cc2F)c(Cl)c(=O)n1-c1ccc2c(c1)N(S(C)(=O)=O)CN2C(=O)C(C)(C)O. The predicted molar refractivity (Wildman–Crippen MR) is 138 cm³/mol. The Morgan fingerprint density at radius 1 is 1.13 bits per heavy atom. The van der Waals surface area contributed by atoms with Crippen molar-refractivity contribution in [2.24, 2.45) is 0 Å². The molecule has 0 saturated heterocycles. The first-order chi connectivity index (χ1) is 17.6. The van der Waals surface area contributed by atoms with Gasteiger partial charge in [0.15, 0.2) is 0 Å². The molecule has 0 unspecified atom stereocenters. The van der Waals surface area contributed by atoms with E-state index in [9.17, 15) is 31.9 Å². The maximum absolute atomic E-state index is 14.0. The van der Waals surface area contributed by atoms with Crippen molar-refractivity contribution in [3.63, 3.8) is 0 Å². The summed E-state index contributed by atoms with van der Waals surface area (Å²) in [6.45, 7) is 3.54. The van der Waals surface area contributed by atoms with E-state index in [1.807, 2.05) is 0 Å². The van der Waals surface area contributed by atoms with E-state index in [4.69, 9.17) is 16.3 Å². The fourth-order valence-corrected chi connectivity index (χ4v) is 5.07. The summed E-state index contributed by atoms with van der Waals surface area (Å²) in [5, 5.41) is 9.89. The molecule has 38 heavy (non-hydrogen) atoms. The highest BCUT2D eigenvalue weighted by Crippen LogP contribution is 2.40. The van der Waals surface area contributed by atoms with Gasteiger partial charge in [-0.2, -0.15) is 0 Å². The predicted octanol–water partition coefficient (Wildman–Crippen LogP) is 3.50. The van der Waals surface area contributed by atoms with E-state index in [1.54, 1.807) is 6.92 Å². The van der Waals surface area contributed by atoms with Gasteiger partial charge in [0, 0.05) is 23.4 Å². The molecule has 0 spiro atoms. The molecule has 0 saturated carbocycles. The van der Waals surface area contributed by atoms with Crippen LogP contribution in [-0.2, 0) is 21.4 Å². The van der Waals surface area contributed by atoms with Crippen LogP contribution < -0.4 is 19.5 Å². The molecule has 4 rings (SSSR count). The molecule has 0 radical (unpaired) electrons. The van der Waals surface area contributed by atoms with Crippen molar-refractivity contribution < 1.29 is 31.8 Å². The van der Waals surface area contributed by atoms with E-state index in [-0.39, 0.29) is 46.7 Å². The minimum atomic E-state index is -3.83. The fourth-order valence-electron chi connectivity index (χ4n) is 4.05. The van der Waals surface area contributed by atoms with Crippen LogP contribution in [0.15, 0.2) is 47.3 Å². The summed E-state index contributed by atoms with van der Waals surface area (Å²) < 4.78 is 59.9. The number of pyridine rings is 1. The largest absolute Gasteiger partial charge is 0.487 e. The topological polar surface area (TPSA) is 109 Å². The molecule has 9 nitrogen and oxygen atoms in total. The van der Waals surface area contributed by atoms with Crippen molar-refractivity contribution in [3.05, 3.63) is 80.7 Å². The molecule has 1 aliphatic rings. The second-order valence-electron chi connectivity index (χ2n) is 9.35. The number of aliphatic hydroxyl groups is 1. The van der Waals surface area contributed by atoms with Crippen molar-refractivity contribution in [2.45, 2.75) is 33.0 Å². The van der Waals surface area contributed by atoms with E-state index in [2.05, 4.69) is 0 Å². The molecule has 1 amide bonds. The van der Waals surface area contributed by atoms with Crippen LogP contribution in [0, 0.1) is 18.6 Å². The average molecular weight is 568 g/mol. The van der Waals surface area contributed by atoms with Gasteiger partial charge in [-0.1, -0.05) is 11.6 Å². The number of hydrogen-bond donors (Lipinski definition) is 1. The minimum Gasteiger partial charge on any atom is -0.487 e. The zero-order valence-corrected chi connectivity index (χ0v) is 22.4. The summed E-state index contributed by atoms with van der Waals surface area (Å²) in [6.07, 6.45) is 0.978. The quantitative estimate of drug-likeness (QED) is 0.488. The Labute approximate surface area is 222 Å². The maximum atomic E-state index is 14.0. The highest BCUT2D eigenvalue weighted by molar-refractivity contribution is 7.92. The summed E-state index contributed by atoms with van der Waals surface area (Å²) in [7, 11) is -3.83. The molecule has 2 heterocycles. The monoisotopic (exact) mass is 567 g/mol. The Morgan fingerprint density at radius 2 is 1.82 bits per heavy atom. The van der Waals surface area contributed by atoms with Crippen molar-refractivity contribution >= 4 is 38.9 Å². The minimum absolute atomic E-state index is 0.0185. The molecule has 0 aliphatic carbocycles. The Morgan fingerprint density at radius 3 is 2.42 bits per heavy atom. The Balaban J connectivity index is 1.74. The van der Waals surface area contributed by atoms with E-state index < -0.39 is 38.7 Å². The van der Waals surface area contributed by atoms with E-state index >= 15 is 0 Å². The van der Waals surface area contributed by atoms with Crippen LogP contribution in [0.2, 0.25) is 5.02 Å². The highest BCUT2D eigenvalue weighted by Gasteiger charge is 2.40. The zero-order chi connectivity index (χ0) is 28.2. The van der Waals surface area contributed by atoms with Gasteiger partial charge in [-0.05, 0) is 51.1 Å². The summed E-state index contributed by atoms with van der Waals surface area (Å²) in [5.41, 5.74) is -1.38. The highest BCUT2D eigenvalue weighted by atomic mass is 35.5. The maximum Gasteiger partial charge on any atom is 0.277 e. The van der Waals surface area contributed by atoms with Crippen molar-refractivity contribution in [1.82, 2.24) is 4.57 Å². The number of halogens is 3. The molecule has 2 aromatic carbocycles. The summed E-state index contributed by atoms with van der Waals surface area (Å²) >= 11 is 6.29. The van der Waals surface area contributed by atoms with E-state index in [0.29, 0.717) is 11.8 Å². The van der Waals surface area contributed by atoms with E-state index in [1.165, 1.54) is 48.7 Å². The van der Waals surface area contributed by atoms with Gasteiger partial charge in [0.25, 0.3) is 11.5 Å². The van der Waals surface area contributed by atoms with E-state index in [0.717, 1.165) is 21.5 Å². The third-order valence-corrected chi connectivity index (χ3v) is 7.37. The number of anilines is 2. The van der Waals surface area contributed by atoms with Gasteiger partial charge >= 0.3 is 0 Å². The number of carbonyl (C=O) groups excluding carboxylic acids is 1. The number of carbonyl (C=O) groups is 1. The molecule has 3 aromatic rings. The van der Waals surface area contributed by atoms with Gasteiger partial charge in [-0.25, -0.2) is 21.5 Å². The third-order valence-electron chi connectivity index (χ3n) is 5.91. The molecular formula is C25H24ClF2N3O6S. The van der Waals surface area contributed by atoms with Crippen LogP contribution >= 0.6 is 11.6 Å². The third kappa shape index (κ3) is 5.11. The van der Waals surface area contributed by atoms with Crippen molar-refractivity contribution in [1.29, 1.82) is 0 Å². The lowest BCUT2D eigenvalue weighted by Crippen LogP contribution is -2.47. The van der Waals surface area contributed by atoms with Crippen LogP contribution in [0.4, 0.5) is 20.2 Å². The van der Waals surface area contributed by atoms with Gasteiger partial charge in [-0.15, -0.1) is 0 Å². The summed E-state index contributed by atoms with van der Waals surface area (Å²) in [4.78, 5) is 27.1. The number of rotatable bonds is 6. The van der Waals surface area contributed by atoms with Crippen LogP contribution in [-0.4, -0.2) is 42.5 Å². The van der Waals surface area contributed by atoms with Gasteiger partial charge in [0.1, 0.15) is 41.3 Å². The van der Waals surface area contributed by atoms with Crippen LogP contribution in [0.25, 0.3) is 5.69 Å². The molecule has 202 valence electrons.